The van der Waals surface area contributed by atoms with Crippen LogP contribution in [-0.2, 0) is 9.59 Å². The number of halogens is 3. The molecule has 1 aliphatic carbocycles. The van der Waals surface area contributed by atoms with Crippen LogP contribution < -0.4 is 0 Å². The number of fused-ring (bicyclic) bond motifs is 1. The summed E-state index contributed by atoms with van der Waals surface area (Å²) < 4.78 is 0. The number of H-pyrrole nitrogens is 1. The minimum Gasteiger partial charge on any atom is -0.358 e. The van der Waals surface area contributed by atoms with Gasteiger partial charge in [0.25, 0.3) is 0 Å². The molecule has 0 radical (unpaired) electrons. The van der Waals surface area contributed by atoms with Crippen molar-refractivity contribution in [3.8, 4) is 0 Å². The number of ketones is 2. The molecule has 21 heavy (non-hydrogen) atoms. The van der Waals surface area contributed by atoms with Crippen molar-refractivity contribution in [2.24, 2.45) is 0 Å². The van der Waals surface area contributed by atoms with Crippen LogP contribution in [0.25, 0.3) is 16.5 Å². The maximum absolute atomic E-state index is 12.3. The highest BCUT2D eigenvalue weighted by atomic mass is 35.5. The van der Waals surface area contributed by atoms with Gasteiger partial charge in [0.1, 0.15) is 0 Å². The first kappa shape index (κ1) is 14.4. The number of aromatic amines is 1. The second-order valence-corrected chi connectivity index (χ2v) is 5.91. The summed E-state index contributed by atoms with van der Waals surface area (Å²) in [5.41, 5.74) is 2.19. The molecule has 0 atom stereocenters. The highest BCUT2D eigenvalue weighted by Crippen LogP contribution is 2.37. The van der Waals surface area contributed by atoms with Crippen LogP contribution in [0.1, 0.15) is 11.3 Å². The first-order chi connectivity index (χ1) is 9.90. The Morgan fingerprint density at radius 2 is 1.81 bits per heavy atom. The van der Waals surface area contributed by atoms with Crippen LogP contribution in [0.4, 0.5) is 0 Å². The van der Waals surface area contributed by atoms with Crippen molar-refractivity contribution in [3.05, 3.63) is 50.6 Å². The predicted molar refractivity (Wildman–Crippen MR) is 84.8 cm³/mol. The number of nitrogens with one attached hydrogen (secondary N) is 1. The maximum Gasteiger partial charge on any atom is 0.206 e. The van der Waals surface area contributed by atoms with Crippen LogP contribution >= 0.6 is 34.8 Å². The lowest BCUT2D eigenvalue weighted by Gasteiger charge is -2.13. The van der Waals surface area contributed by atoms with E-state index in [-0.39, 0.29) is 15.6 Å². The van der Waals surface area contributed by atoms with Crippen molar-refractivity contribution in [2.75, 3.05) is 0 Å². The Labute approximate surface area is 135 Å². The van der Waals surface area contributed by atoms with Gasteiger partial charge in [0.05, 0.1) is 15.6 Å². The van der Waals surface area contributed by atoms with Gasteiger partial charge in [-0.3, -0.25) is 9.59 Å². The Kier molecular flexibility index (Phi) is 3.44. The van der Waals surface area contributed by atoms with Crippen molar-refractivity contribution in [1.82, 2.24) is 4.98 Å². The maximum atomic E-state index is 12.3. The number of carbonyl (C=O) groups excluding carboxylic acids is 2. The molecule has 1 N–H and O–H groups in total. The van der Waals surface area contributed by atoms with Crippen LogP contribution in [0.2, 0.25) is 5.02 Å². The molecule has 2 aromatic rings. The Hall–Kier alpha value is -1.55. The molecule has 0 saturated carbocycles. The highest BCUT2D eigenvalue weighted by molar-refractivity contribution is 6.62. The SMILES string of the molecule is Cc1[nH]c2ccc(Cl)cc2c1C1=C(Cl)C(=O)C=C(Cl)C1=O. The monoisotopic (exact) mass is 339 g/mol. The second-order valence-electron chi connectivity index (χ2n) is 4.69. The van der Waals surface area contributed by atoms with E-state index in [1.54, 1.807) is 25.1 Å². The van der Waals surface area contributed by atoms with Gasteiger partial charge in [0.15, 0.2) is 5.78 Å². The lowest BCUT2D eigenvalue weighted by atomic mass is 9.93. The van der Waals surface area contributed by atoms with Crippen molar-refractivity contribution in [3.63, 3.8) is 0 Å². The van der Waals surface area contributed by atoms with Gasteiger partial charge < -0.3 is 4.98 Å². The minimum atomic E-state index is -0.480. The van der Waals surface area contributed by atoms with Crippen LogP contribution in [0, 0.1) is 6.92 Å². The highest BCUT2D eigenvalue weighted by Gasteiger charge is 2.30. The summed E-state index contributed by atoms with van der Waals surface area (Å²) in [4.78, 5) is 27.3. The molecule has 3 nitrogen and oxygen atoms in total. The molecular formula is C15H8Cl3NO2. The van der Waals surface area contributed by atoms with Crippen molar-refractivity contribution < 1.29 is 9.59 Å². The molecule has 0 amide bonds. The fraction of sp³-hybridized carbons (Fsp3) is 0.0667. The molecule has 6 heteroatoms. The molecule has 1 aromatic heterocycles. The van der Waals surface area contributed by atoms with E-state index in [9.17, 15) is 9.59 Å². The molecule has 106 valence electrons. The normalized spacial score (nSPS) is 15.9. The van der Waals surface area contributed by atoms with Gasteiger partial charge >= 0.3 is 0 Å². The average molecular weight is 341 g/mol. The van der Waals surface area contributed by atoms with Gasteiger partial charge in [0.2, 0.25) is 5.78 Å². The molecule has 3 rings (SSSR count). The van der Waals surface area contributed by atoms with Gasteiger partial charge in [-0.05, 0) is 25.1 Å². The molecule has 0 fully saturated rings. The summed E-state index contributed by atoms with van der Waals surface area (Å²) in [7, 11) is 0. The number of aromatic nitrogens is 1. The average Bonchev–Trinajstić information content (AvgIpc) is 2.73. The van der Waals surface area contributed by atoms with E-state index in [0.717, 1.165) is 17.0 Å². The topological polar surface area (TPSA) is 49.9 Å². The lowest BCUT2D eigenvalue weighted by Crippen LogP contribution is -2.14. The third-order valence-corrected chi connectivity index (χ3v) is 4.23. The number of carbonyl (C=O) groups is 2. The number of benzene rings is 1. The minimum absolute atomic E-state index is 0.111. The van der Waals surface area contributed by atoms with E-state index in [2.05, 4.69) is 4.98 Å². The Bertz CT molecular complexity index is 874. The number of Topliss-reactive ketones (excluding diaryl/α,β-unsaturated/α-hetero) is 1. The largest absolute Gasteiger partial charge is 0.358 e. The molecule has 1 aliphatic rings. The summed E-state index contributed by atoms with van der Waals surface area (Å²) in [5.74, 6) is -0.947. The molecule has 0 spiro atoms. The van der Waals surface area contributed by atoms with Crippen LogP contribution in [-0.4, -0.2) is 16.6 Å². The predicted octanol–water partition coefficient (Wildman–Crippen LogP) is 4.35. The van der Waals surface area contributed by atoms with E-state index >= 15 is 0 Å². The van der Waals surface area contributed by atoms with Gasteiger partial charge in [-0.25, -0.2) is 0 Å². The number of aryl methyl sites for hydroxylation is 1. The second kappa shape index (κ2) is 5.02. The fourth-order valence-electron chi connectivity index (χ4n) is 2.43. The Balaban J connectivity index is 2.37. The fourth-order valence-corrected chi connectivity index (χ4v) is 3.03. The van der Waals surface area contributed by atoms with Crippen molar-refractivity contribution >= 4 is 62.8 Å². The molecule has 1 heterocycles. The molecule has 0 saturated heterocycles. The van der Waals surface area contributed by atoms with Gasteiger partial charge in [-0.2, -0.15) is 0 Å². The molecule has 0 bridgehead atoms. The van der Waals surface area contributed by atoms with Crippen molar-refractivity contribution in [2.45, 2.75) is 6.92 Å². The number of hydrogen-bond acceptors (Lipinski definition) is 2. The summed E-state index contributed by atoms with van der Waals surface area (Å²) in [6, 6.07) is 5.26. The zero-order valence-corrected chi connectivity index (χ0v) is 13.0. The molecule has 0 unspecified atom stereocenters. The first-order valence-electron chi connectivity index (χ1n) is 6.04. The number of hydrogen-bond donors (Lipinski definition) is 1. The standard InChI is InChI=1S/C15H8Cl3NO2/c1-6-12(8-4-7(16)2-3-10(8)19-6)13-14(18)11(20)5-9(17)15(13)21/h2-5,19H,1H3. The van der Waals surface area contributed by atoms with E-state index in [1.807, 2.05) is 0 Å². The molecule has 1 aromatic carbocycles. The Morgan fingerprint density at radius 1 is 1.10 bits per heavy atom. The lowest BCUT2D eigenvalue weighted by molar-refractivity contribution is -0.113. The Morgan fingerprint density at radius 3 is 2.52 bits per heavy atom. The van der Waals surface area contributed by atoms with Crippen LogP contribution in [0.5, 0.6) is 0 Å². The molecular weight excluding hydrogens is 333 g/mol. The third kappa shape index (κ3) is 2.22. The third-order valence-electron chi connectivity index (χ3n) is 3.34. The summed E-state index contributed by atoms with van der Waals surface area (Å²) in [6.07, 6.45) is 1.03. The van der Waals surface area contributed by atoms with E-state index < -0.39 is 11.6 Å². The van der Waals surface area contributed by atoms with Gasteiger partial charge in [-0.15, -0.1) is 0 Å². The number of rotatable bonds is 1. The van der Waals surface area contributed by atoms with E-state index in [4.69, 9.17) is 34.8 Å². The zero-order chi connectivity index (χ0) is 15.3. The van der Waals surface area contributed by atoms with E-state index in [0.29, 0.717) is 16.3 Å². The van der Waals surface area contributed by atoms with Gasteiger partial charge in [0, 0.05) is 33.3 Å². The number of allylic oxidation sites excluding steroid dienone is 4. The zero-order valence-electron chi connectivity index (χ0n) is 10.8. The van der Waals surface area contributed by atoms with E-state index in [1.165, 1.54) is 0 Å². The summed E-state index contributed by atoms with van der Waals surface area (Å²) >= 11 is 17.9. The van der Waals surface area contributed by atoms with Gasteiger partial charge in [-0.1, -0.05) is 34.8 Å². The van der Waals surface area contributed by atoms with Crippen molar-refractivity contribution in [1.29, 1.82) is 0 Å². The first-order valence-corrected chi connectivity index (χ1v) is 7.17. The smallest absolute Gasteiger partial charge is 0.206 e. The summed E-state index contributed by atoms with van der Waals surface area (Å²) in [5, 5.41) is 0.972. The van der Waals surface area contributed by atoms with Crippen LogP contribution in [0.15, 0.2) is 34.3 Å². The molecule has 0 aliphatic heterocycles. The summed E-state index contributed by atoms with van der Waals surface area (Å²) in [6.45, 7) is 1.80. The van der Waals surface area contributed by atoms with Crippen LogP contribution in [0.3, 0.4) is 0 Å². The quantitative estimate of drug-likeness (QED) is 0.784.